The molecule has 0 saturated carbocycles. The van der Waals surface area contributed by atoms with Crippen molar-refractivity contribution >= 4 is 10.2 Å². The summed E-state index contributed by atoms with van der Waals surface area (Å²) in [4.78, 5) is 3.67. The van der Waals surface area contributed by atoms with Crippen LogP contribution in [0.1, 0.15) is 0 Å². The monoisotopic (exact) mass is 200 g/mol. The summed E-state index contributed by atoms with van der Waals surface area (Å²) in [7, 11) is -3.46. The molecule has 7 heteroatoms. The molecule has 1 aliphatic heterocycles. The molecule has 0 aliphatic carbocycles. The number of rotatable bonds is 2. The molecule has 0 spiro atoms. The Morgan fingerprint density at radius 2 is 2.31 bits per heavy atom. The predicted molar refractivity (Wildman–Crippen MR) is 45.5 cm³/mol. The summed E-state index contributed by atoms with van der Waals surface area (Å²) < 4.78 is 25.6. The molecule has 0 saturated heterocycles. The minimum atomic E-state index is -3.46. The largest absolute Gasteiger partial charge is 0.372 e. The summed E-state index contributed by atoms with van der Waals surface area (Å²) in [5, 5.41) is 2.77. The molecule has 1 N–H and O–H groups in total. The van der Waals surface area contributed by atoms with Crippen LogP contribution < -0.4 is 5.32 Å². The van der Waals surface area contributed by atoms with Gasteiger partial charge in [0.2, 0.25) is 0 Å². The Bertz CT molecular complexity index is 408. The predicted octanol–water partition coefficient (Wildman–Crippen LogP) is -0.690. The van der Waals surface area contributed by atoms with E-state index in [1.165, 1.54) is 29.2 Å². The third-order valence-corrected chi connectivity index (χ3v) is 3.24. The normalized spacial score (nSPS) is 16.2. The van der Waals surface area contributed by atoms with Gasteiger partial charge in [-0.25, -0.2) is 13.3 Å². The van der Waals surface area contributed by atoms with Gasteiger partial charge in [0.15, 0.2) is 0 Å². The summed E-state index contributed by atoms with van der Waals surface area (Å²) in [6.45, 7) is 0.264. The van der Waals surface area contributed by atoms with Gasteiger partial charge in [0, 0.05) is 24.8 Å². The van der Waals surface area contributed by atoms with Crippen LogP contribution in [-0.4, -0.2) is 28.3 Å². The molecule has 6 nitrogen and oxygen atoms in total. The molecule has 1 aromatic heterocycles. The first-order chi connectivity index (χ1) is 6.21. The van der Waals surface area contributed by atoms with Crippen molar-refractivity contribution in [2.75, 3.05) is 6.67 Å². The molecule has 0 amide bonds. The standard InChI is InChI=1S/C6H8N4O2S/c11-13(12,9-3-1-7-5-9)10-4-2-8-6-10/h1-5,8H,6H2. The Kier molecular flexibility index (Phi) is 1.73. The third kappa shape index (κ3) is 1.26. The van der Waals surface area contributed by atoms with Crippen LogP contribution in [0.3, 0.4) is 0 Å². The Balaban J connectivity index is 2.36. The van der Waals surface area contributed by atoms with Gasteiger partial charge in [-0.05, 0) is 0 Å². The molecule has 0 fully saturated rings. The van der Waals surface area contributed by atoms with Crippen LogP contribution in [0.15, 0.2) is 31.1 Å². The van der Waals surface area contributed by atoms with E-state index in [1.807, 2.05) is 0 Å². The van der Waals surface area contributed by atoms with Gasteiger partial charge >= 0.3 is 10.2 Å². The second-order valence-electron chi connectivity index (χ2n) is 2.47. The van der Waals surface area contributed by atoms with Crippen LogP contribution in [0.4, 0.5) is 0 Å². The quantitative estimate of drug-likeness (QED) is 0.686. The first kappa shape index (κ1) is 8.11. The van der Waals surface area contributed by atoms with Crippen LogP contribution in [-0.2, 0) is 10.2 Å². The van der Waals surface area contributed by atoms with Crippen LogP contribution >= 0.6 is 0 Å². The molecule has 13 heavy (non-hydrogen) atoms. The summed E-state index contributed by atoms with van der Waals surface area (Å²) in [6, 6.07) is 0. The van der Waals surface area contributed by atoms with E-state index in [1.54, 1.807) is 6.20 Å². The fourth-order valence-corrected chi connectivity index (χ4v) is 2.07. The zero-order valence-electron chi connectivity index (χ0n) is 6.66. The van der Waals surface area contributed by atoms with E-state index in [0.29, 0.717) is 0 Å². The van der Waals surface area contributed by atoms with Crippen LogP contribution in [0, 0.1) is 0 Å². The summed E-state index contributed by atoms with van der Waals surface area (Å²) in [6.07, 6.45) is 7.11. The fraction of sp³-hybridized carbons (Fsp3) is 0.167. The molecule has 0 unspecified atom stereocenters. The topological polar surface area (TPSA) is 67.2 Å². The minimum absolute atomic E-state index is 0.264. The second-order valence-corrected chi connectivity index (χ2v) is 4.25. The lowest BCUT2D eigenvalue weighted by Crippen LogP contribution is -2.32. The smallest absolute Gasteiger partial charge is 0.332 e. The maximum Gasteiger partial charge on any atom is 0.332 e. The Morgan fingerprint density at radius 1 is 1.46 bits per heavy atom. The van der Waals surface area contributed by atoms with Crippen molar-refractivity contribution in [3.8, 4) is 0 Å². The average molecular weight is 200 g/mol. The summed E-state index contributed by atoms with van der Waals surface area (Å²) >= 11 is 0. The molecule has 0 atom stereocenters. The highest BCUT2D eigenvalue weighted by Gasteiger charge is 2.21. The lowest BCUT2D eigenvalue weighted by Gasteiger charge is -2.14. The third-order valence-electron chi connectivity index (χ3n) is 1.65. The van der Waals surface area contributed by atoms with Crippen molar-refractivity contribution in [2.45, 2.75) is 0 Å². The number of hydrogen-bond donors (Lipinski definition) is 1. The molecule has 1 aliphatic rings. The first-order valence-corrected chi connectivity index (χ1v) is 5.01. The molecular formula is C6H8N4O2S. The summed E-state index contributed by atoms with van der Waals surface area (Å²) in [5.74, 6) is 0. The maximum atomic E-state index is 11.7. The highest BCUT2D eigenvalue weighted by atomic mass is 32.2. The maximum absolute atomic E-state index is 11.7. The number of nitrogens with zero attached hydrogens (tertiary/aromatic N) is 3. The molecule has 2 heterocycles. The highest BCUT2D eigenvalue weighted by Crippen LogP contribution is 2.07. The van der Waals surface area contributed by atoms with Crippen molar-refractivity contribution in [1.82, 2.24) is 18.6 Å². The van der Waals surface area contributed by atoms with E-state index in [-0.39, 0.29) is 6.67 Å². The molecule has 0 bridgehead atoms. The Morgan fingerprint density at radius 3 is 2.85 bits per heavy atom. The van der Waals surface area contributed by atoms with Crippen LogP contribution in [0.5, 0.6) is 0 Å². The van der Waals surface area contributed by atoms with Gasteiger partial charge in [0.1, 0.15) is 13.0 Å². The Labute approximate surface area is 75.7 Å². The van der Waals surface area contributed by atoms with Gasteiger partial charge < -0.3 is 5.32 Å². The Hall–Kier alpha value is -1.50. The molecule has 1 aromatic rings. The van der Waals surface area contributed by atoms with Gasteiger partial charge in [-0.15, -0.1) is 0 Å². The molecule has 70 valence electrons. The van der Waals surface area contributed by atoms with E-state index >= 15 is 0 Å². The second kappa shape index (κ2) is 2.77. The molecule has 0 aromatic carbocycles. The zero-order chi connectivity index (χ0) is 9.31. The van der Waals surface area contributed by atoms with E-state index in [2.05, 4.69) is 10.3 Å². The minimum Gasteiger partial charge on any atom is -0.372 e. The van der Waals surface area contributed by atoms with Gasteiger partial charge in [0.25, 0.3) is 0 Å². The van der Waals surface area contributed by atoms with Gasteiger partial charge in [-0.1, -0.05) is 0 Å². The SMILES string of the molecule is O=S(=O)(N1C=CNC1)n1ccnc1. The zero-order valence-corrected chi connectivity index (χ0v) is 7.48. The van der Waals surface area contributed by atoms with Crippen molar-refractivity contribution in [3.63, 3.8) is 0 Å². The van der Waals surface area contributed by atoms with Crippen LogP contribution in [0.2, 0.25) is 0 Å². The first-order valence-electron chi connectivity index (χ1n) is 3.61. The van der Waals surface area contributed by atoms with Gasteiger partial charge in [-0.2, -0.15) is 8.42 Å². The lowest BCUT2D eigenvalue weighted by atomic mass is 11.0. The van der Waals surface area contributed by atoms with Crippen molar-refractivity contribution in [1.29, 1.82) is 0 Å². The number of imidazole rings is 1. The molecular weight excluding hydrogens is 192 g/mol. The van der Waals surface area contributed by atoms with Crippen molar-refractivity contribution in [2.24, 2.45) is 0 Å². The van der Waals surface area contributed by atoms with Gasteiger partial charge in [0.05, 0.1) is 0 Å². The van der Waals surface area contributed by atoms with E-state index < -0.39 is 10.2 Å². The number of hydrogen-bond acceptors (Lipinski definition) is 4. The number of nitrogens with one attached hydrogen (secondary N) is 1. The van der Waals surface area contributed by atoms with E-state index in [0.717, 1.165) is 3.97 Å². The highest BCUT2D eigenvalue weighted by molar-refractivity contribution is 7.87. The average Bonchev–Trinajstić information content (AvgIpc) is 2.78. The van der Waals surface area contributed by atoms with Crippen molar-refractivity contribution < 1.29 is 8.42 Å². The van der Waals surface area contributed by atoms with E-state index in [9.17, 15) is 8.42 Å². The van der Waals surface area contributed by atoms with Crippen LogP contribution in [0.25, 0.3) is 0 Å². The van der Waals surface area contributed by atoms with Gasteiger partial charge in [-0.3, -0.25) is 0 Å². The van der Waals surface area contributed by atoms with E-state index in [4.69, 9.17) is 0 Å². The fourth-order valence-electron chi connectivity index (χ4n) is 0.994. The van der Waals surface area contributed by atoms with Crippen molar-refractivity contribution in [3.05, 3.63) is 31.1 Å². The number of aromatic nitrogens is 2. The molecule has 2 rings (SSSR count). The molecule has 0 radical (unpaired) electrons. The summed E-state index contributed by atoms with van der Waals surface area (Å²) in [5.41, 5.74) is 0. The lowest BCUT2D eigenvalue weighted by molar-refractivity contribution is 0.497.